The minimum Gasteiger partial charge on any atom is -0.300 e. The lowest BCUT2D eigenvalue weighted by Crippen LogP contribution is -1.96. The summed E-state index contributed by atoms with van der Waals surface area (Å²) in [4.78, 5) is 11.7. The van der Waals surface area contributed by atoms with Crippen molar-refractivity contribution in [1.82, 2.24) is 0 Å². The van der Waals surface area contributed by atoms with Crippen LogP contribution < -0.4 is 0 Å². The van der Waals surface area contributed by atoms with Gasteiger partial charge in [-0.15, -0.1) is 0 Å². The zero-order valence-corrected chi connectivity index (χ0v) is 11.3. The van der Waals surface area contributed by atoms with E-state index in [1.807, 2.05) is 0 Å². The molecule has 0 fully saturated rings. The van der Waals surface area contributed by atoms with E-state index in [2.05, 4.69) is 11.6 Å². The van der Waals surface area contributed by atoms with E-state index >= 15 is 0 Å². The molecule has 1 aromatic rings. The normalized spacial score (nSPS) is 10.6. The van der Waals surface area contributed by atoms with Crippen molar-refractivity contribution in [3.8, 4) is 11.6 Å². The average Bonchev–Trinajstić information content (AvgIpc) is 2.38. The van der Waals surface area contributed by atoms with Crippen LogP contribution in [0, 0.1) is 11.6 Å². The number of carbonyl (C=O) groups is 1. The minimum absolute atomic E-state index is 0.214. The Morgan fingerprint density at radius 2 is 1.72 bits per heavy atom. The standard InChI is InChI=1S/C13H15O4P/c1-3-16-18(15,17-4-2)11-10-13(14)12-8-6-5-7-9-12/h5-9H,3-4H2,1-2H3. The summed E-state index contributed by atoms with van der Waals surface area (Å²) in [5.74, 6) is 1.90. The van der Waals surface area contributed by atoms with Crippen LogP contribution in [0.4, 0.5) is 0 Å². The number of hydrogen-bond acceptors (Lipinski definition) is 4. The van der Waals surface area contributed by atoms with Crippen molar-refractivity contribution in [3.05, 3.63) is 35.9 Å². The molecule has 0 N–H and O–H groups in total. The summed E-state index contributed by atoms with van der Waals surface area (Å²) in [6.07, 6.45) is 0. The fourth-order valence-electron chi connectivity index (χ4n) is 1.22. The van der Waals surface area contributed by atoms with E-state index < -0.39 is 13.4 Å². The highest BCUT2D eigenvalue weighted by molar-refractivity contribution is 7.59. The highest BCUT2D eigenvalue weighted by Crippen LogP contribution is 2.46. The summed E-state index contributed by atoms with van der Waals surface area (Å²) < 4.78 is 21.9. The Hall–Kier alpha value is -1.40. The molecule has 4 nitrogen and oxygen atoms in total. The minimum atomic E-state index is -3.48. The van der Waals surface area contributed by atoms with E-state index in [1.165, 1.54) is 0 Å². The molecule has 18 heavy (non-hydrogen) atoms. The second-order valence-corrected chi connectivity index (χ2v) is 5.00. The SMILES string of the molecule is CCOP(=O)(C#CC(=O)c1ccccc1)OCC. The summed E-state index contributed by atoms with van der Waals surface area (Å²) in [6, 6.07) is 8.56. The highest BCUT2D eigenvalue weighted by Gasteiger charge is 2.20. The van der Waals surface area contributed by atoms with Gasteiger partial charge in [0.25, 0.3) is 0 Å². The lowest BCUT2D eigenvalue weighted by molar-refractivity contribution is 0.105. The molecular formula is C13H15O4P. The second-order valence-electron chi connectivity index (χ2n) is 3.26. The third-order valence-corrected chi connectivity index (χ3v) is 3.52. The first kappa shape index (κ1) is 14.7. The highest BCUT2D eigenvalue weighted by atomic mass is 31.2. The van der Waals surface area contributed by atoms with Gasteiger partial charge in [0.05, 0.1) is 13.2 Å². The number of benzene rings is 1. The Labute approximate surface area is 107 Å². The molecule has 96 valence electrons. The van der Waals surface area contributed by atoms with Crippen LogP contribution in [0.3, 0.4) is 0 Å². The van der Waals surface area contributed by atoms with Crippen molar-refractivity contribution < 1.29 is 18.4 Å². The summed E-state index contributed by atoms with van der Waals surface area (Å²) in [6.45, 7) is 3.80. The van der Waals surface area contributed by atoms with Gasteiger partial charge in [0, 0.05) is 11.2 Å². The quantitative estimate of drug-likeness (QED) is 0.467. The molecule has 0 aliphatic carbocycles. The molecule has 0 bridgehead atoms. The van der Waals surface area contributed by atoms with Gasteiger partial charge in [-0.3, -0.25) is 13.8 Å². The third-order valence-electron chi connectivity index (χ3n) is 1.94. The van der Waals surface area contributed by atoms with Crippen LogP contribution in [-0.4, -0.2) is 19.0 Å². The molecule has 0 spiro atoms. The smallest absolute Gasteiger partial charge is 0.300 e. The van der Waals surface area contributed by atoms with Crippen molar-refractivity contribution >= 4 is 13.4 Å². The van der Waals surface area contributed by atoms with Crippen LogP contribution in [0.15, 0.2) is 30.3 Å². The van der Waals surface area contributed by atoms with E-state index in [4.69, 9.17) is 9.05 Å². The van der Waals surface area contributed by atoms with E-state index in [0.717, 1.165) is 0 Å². The van der Waals surface area contributed by atoms with Crippen LogP contribution in [-0.2, 0) is 13.6 Å². The van der Waals surface area contributed by atoms with Gasteiger partial charge in [0.15, 0.2) is 0 Å². The lowest BCUT2D eigenvalue weighted by Gasteiger charge is -2.09. The average molecular weight is 266 g/mol. The molecular weight excluding hydrogens is 251 g/mol. The fraction of sp³-hybridized carbons (Fsp3) is 0.308. The number of carbonyl (C=O) groups excluding carboxylic acids is 1. The van der Waals surface area contributed by atoms with Gasteiger partial charge in [0.1, 0.15) is 0 Å². The molecule has 0 aliphatic rings. The Morgan fingerprint density at radius 3 is 2.22 bits per heavy atom. The van der Waals surface area contributed by atoms with Crippen molar-refractivity contribution in [2.24, 2.45) is 0 Å². The molecule has 1 aromatic carbocycles. The Kier molecular flexibility index (Phi) is 5.80. The zero-order chi connectivity index (χ0) is 13.4. The van der Waals surface area contributed by atoms with Gasteiger partial charge < -0.3 is 0 Å². The Bertz CT molecular complexity index is 489. The number of ketones is 1. The van der Waals surface area contributed by atoms with Crippen molar-refractivity contribution in [2.75, 3.05) is 13.2 Å². The molecule has 0 unspecified atom stereocenters. The molecule has 0 aromatic heterocycles. The fourth-order valence-corrected chi connectivity index (χ4v) is 2.34. The van der Waals surface area contributed by atoms with E-state index in [1.54, 1.807) is 44.2 Å². The number of Topliss-reactive ketones (excluding diaryl/α,β-unsaturated/α-hetero) is 1. The van der Waals surface area contributed by atoms with E-state index in [0.29, 0.717) is 5.56 Å². The van der Waals surface area contributed by atoms with Gasteiger partial charge >= 0.3 is 7.60 Å². The molecule has 5 heteroatoms. The Balaban J connectivity index is 2.86. The van der Waals surface area contributed by atoms with E-state index in [9.17, 15) is 9.36 Å². The van der Waals surface area contributed by atoms with Crippen LogP contribution in [0.5, 0.6) is 0 Å². The predicted molar refractivity (Wildman–Crippen MR) is 69.4 cm³/mol. The van der Waals surface area contributed by atoms with Gasteiger partial charge in [-0.05, 0) is 19.8 Å². The molecule has 0 amide bonds. The lowest BCUT2D eigenvalue weighted by atomic mass is 10.1. The first-order valence-corrected chi connectivity index (χ1v) is 7.17. The van der Waals surface area contributed by atoms with Crippen LogP contribution >= 0.6 is 7.60 Å². The first-order valence-electron chi connectivity index (χ1n) is 5.63. The summed E-state index contributed by atoms with van der Waals surface area (Å²) >= 11 is 0. The maximum atomic E-state index is 12.0. The number of rotatable bonds is 5. The van der Waals surface area contributed by atoms with Crippen molar-refractivity contribution in [2.45, 2.75) is 13.8 Å². The van der Waals surface area contributed by atoms with Crippen LogP contribution in [0.2, 0.25) is 0 Å². The van der Waals surface area contributed by atoms with Crippen molar-refractivity contribution in [3.63, 3.8) is 0 Å². The van der Waals surface area contributed by atoms with Gasteiger partial charge in [-0.25, -0.2) is 4.57 Å². The molecule has 0 heterocycles. The van der Waals surface area contributed by atoms with Gasteiger partial charge in [-0.1, -0.05) is 30.3 Å². The number of hydrogen-bond donors (Lipinski definition) is 0. The molecule has 0 saturated carbocycles. The summed E-state index contributed by atoms with van der Waals surface area (Å²) in [5, 5.41) is 0. The first-order chi connectivity index (χ1) is 8.61. The molecule has 0 saturated heterocycles. The molecule has 0 radical (unpaired) electrons. The van der Waals surface area contributed by atoms with Crippen molar-refractivity contribution in [1.29, 1.82) is 0 Å². The third kappa shape index (κ3) is 4.46. The summed E-state index contributed by atoms with van der Waals surface area (Å²) in [5.41, 5.74) is 2.76. The predicted octanol–water partition coefficient (Wildman–Crippen LogP) is 3.10. The van der Waals surface area contributed by atoms with Crippen LogP contribution in [0.1, 0.15) is 24.2 Å². The largest absolute Gasteiger partial charge is 0.406 e. The Morgan fingerprint density at radius 1 is 1.17 bits per heavy atom. The maximum Gasteiger partial charge on any atom is 0.406 e. The maximum absolute atomic E-state index is 12.0. The van der Waals surface area contributed by atoms with Gasteiger partial charge in [0.2, 0.25) is 5.78 Å². The summed E-state index contributed by atoms with van der Waals surface area (Å²) in [7, 11) is -3.48. The topological polar surface area (TPSA) is 52.6 Å². The molecule has 0 atom stereocenters. The zero-order valence-electron chi connectivity index (χ0n) is 10.4. The van der Waals surface area contributed by atoms with E-state index in [-0.39, 0.29) is 13.2 Å². The second kappa shape index (κ2) is 7.13. The van der Waals surface area contributed by atoms with Gasteiger partial charge in [-0.2, -0.15) is 0 Å². The monoisotopic (exact) mass is 266 g/mol. The van der Waals surface area contributed by atoms with Crippen LogP contribution in [0.25, 0.3) is 0 Å². The molecule has 0 aliphatic heterocycles. The molecule has 1 rings (SSSR count).